The van der Waals surface area contributed by atoms with E-state index in [-0.39, 0.29) is 5.91 Å². The molecule has 0 saturated carbocycles. The number of hydrogen-bond donors (Lipinski definition) is 2. The van der Waals surface area contributed by atoms with Gasteiger partial charge in [0.25, 0.3) is 0 Å². The Morgan fingerprint density at radius 3 is 2.11 bits per heavy atom. The van der Waals surface area contributed by atoms with Gasteiger partial charge in [0.1, 0.15) is 0 Å². The topological polar surface area (TPSA) is 41.1 Å². The maximum atomic E-state index is 12.4. The minimum Gasteiger partial charge on any atom is -0.356 e. The molecule has 2 aromatic carbocycles. The Labute approximate surface area is 163 Å². The Kier molecular flexibility index (Phi) is 7.46. The monoisotopic (exact) mass is 364 g/mol. The minimum atomic E-state index is 0.195. The van der Waals surface area contributed by atoms with E-state index in [2.05, 4.69) is 78.2 Å². The van der Waals surface area contributed by atoms with Crippen LogP contribution in [0.25, 0.3) is 0 Å². The number of hydrogen-bond acceptors (Lipinski definition) is 2. The van der Waals surface area contributed by atoms with Gasteiger partial charge < -0.3 is 10.6 Å². The number of nitrogens with one attached hydrogen (secondary N) is 2. The third-order valence-electron chi connectivity index (χ3n) is 5.85. The first-order valence-electron chi connectivity index (χ1n) is 10.3. The Bertz CT molecular complexity index is 641. The summed E-state index contributed by atoms with van der Waals surface area (Å²) >= 11 is 0. The molecule has 1 aliphatic rings. The van der Waals surface area contributed by atoms with E-state index in [1.165, 1.54) is 24.0 Å². The normalized spacial score (nSPS) is 16.2. The number of amides is 1. The van der Waals surface area contributed by atoms with E-state index in [0.717, 1.165) is 19.5 Å². The molecule has 0 spiro atoms. The third-order valence-corrected chi connectivity index (χ3v) is 5.85. The zero-order chi connectivity index (χ0) is 18.9. The van der Waals surface area contributed by atoms with Gasteiger partial charge in [-0.1, -0.05) is 67.6 Å². The first-order chi connectivity index (χ1) is 13.2. The first kappa shape index (κ1) is 19.6. The van der Waals surface area contributed by atoms with Crippen molar-refractivity contribution in [2.75, 3.05) is 19.6 Å². The van der Waals surface area contributed by atoms with Crippen molar-refractivity contribution in [2.45, 2.75) is 38.5 Å². The number of carbonyl (C=O) groups is 1. The predicted molar refractivity (Wildman–Crippen MR) is 112 cm³/mol. The Balaban J connectivity index is 1.52. The number of benzene rings is 2. The van der Waals surface area contributed by atoms with E-state index in [1.54, 1.807) is 0 Å². The average Bonchev–Trinajstić information content (AvgIpc) is 2.73. The molecule has 1 saturated heterocycles. The van der Waals surface area contributed by atoms with E-state index in [4.69, 9.17) is 0 Å². The van der Waals surface area contributed by atoms with Crippen molar-refractivity contribution in [3.8, 4) is 0 Å². The fraction of sp³-hybridized carbons (Fsp3) is 0.458. The lowest BCUT2D eigenvalue weighted by atomic mass is 9.84. The summed E-state index contributed by atoms with van der Waals surface area (Å²) in [5, 5.41) is 6.57. The van der Waals surface area contributed by atoms with Gasteiger partial charge in [-0.15, -0.1) is 0 Å². The van der Waals surface area contributed by atoms with Gasteiger partial charge in [-0.25, -0.2) is 0 Å². The molecule has 1 atom stereocenters. The van der Waals surface area contributed by atoms with Crippen molar-refractivity contribution in [3.05, 3.63) is 71.8 Å². The lowest BCUT2D eigenvalue weighted by molar-refractivity contribution is -0.122. The summed E-state index contributed by atoms with van der Waals surface area (Å²) in [5.41, 5.74) is 2.61. The Morgan fingerprint density at radius 1 is 1.00 bits per heavy atom. The van der Waals surface area contributed by atoms with Crippen molar-refractivity contribution >= 4 is 5.91 Å². The van der Waals surface area contributed by atoms with Crippen LogP contribution in [0.3, 0.4) is 0 Å². The van der Waals surface area contributed by atoms with Crippen LogP contribution in [0, 0.1) is 11.8 Å². The standard InChI is InChI=1S/C24H32N2O/c1-19(20-12-15-25-16-13-20)18-24(27)26-17-14-23(21-8-4-2-5-9-21)22-10-6-3-7-11-22/h2-11,19-20,23,25H,12-18H2,1H3,(H,26,27). The molecule has 1 aliphatic heterocycles. The summed E-state index contributed by atoms with van der Waals surface area (Å²) in [5.74, 6) is 1.65. The molecular weight excluding hydrogens is 332 g/mol. The molecule has 1 fully saturated rings. The third kappa shape index (κ3) is 5.93. The highest BCUT2D eigenvalue weighted by atomic mass is 16.1. The molecule has 2 N–H and O–H groups in total. The molecule has 27 heavy (non-hydrogen) atoms. The van der Waals surface area contributed by atoms with Crippen molar-refractivity contribution in [1.29, 1.82) is 0 Å². The van der Waals surface area contributed by atoms with Crippen molar-refractivity contribution in [1.82, 2.24) is 10.6 Å². The lowest BCUT2D eigenvalue weighted by Gasteiger charge is -2.28. The van der Waals surface area contributed by atoms with Crippen LogP contribution in [0.1, 0.15) is 49.7 Å². The molecule has 1 unspecified atom stereocenters. The zero-order valence-electron chi connectivity index (χ0n) is 16.4. The van der Waals surface area contributed by atoms with Crippen LogP contribution in [0.5, 0.6) is 0 Å². The van der Waals surface area contributed by atoms with Crippen molar-refractivity contribution in [2.24, 2.45) is 11.8 Å². The molecule has 3 nitrogen and oxygen atoms in total. The van der Waals surface area contributed by atoms with Crippen LogP contribution in [-0.4, -0.2) is 25.5 Å². The van der Waals surface area contributed by atoms with Crippen molar-refractivity contribution < 1.29 is 4.79 Å². The molecule has 0 bridgehead atoms. The zero-order valence-corrected chi connectivity index (χ0v) is 16.4. The summed E-state index contributed by atoms with van der Waals surface area (Å²) in [6, 6.07) is 21.2. The molecular formula is C24H32N2O. The summed E-state index contributed by atoms with van der Waals surface area (Å²) < 4.78 is 0. The summed E-state index contributed by atoms with van der Waals surface area (Å²) in [6.45, 7) is 5.12. The van der Waals surface area contributed by atoms with Gasteiger partial charge in [-0.2, -0.15) is 0 Å². The second-order valence-corrected chi connectivity index (χ2v) is 7.78. The molecule has 2 aromatic rings. The van der Waals surface area contributed by atoms with Crippen LogP contribution < -0.4 is 10.6 Å². The summed E-state index contributed by atoms with van der Waals surface area (Å²) in [7, 11) is 0. The highest BCUT2D eigenvalue weighted by molar-refractivity contribution is 5.76. The largest absolute Gasteiger partial charge is 0.356 e. The van der Waals surface area contributed by atoms with E-state index in [0.29, 0.717) is 30.7 Å². The van der Waals surface area contributed by atoms with Gasteiger partial charge in [0, 0.05) is 18.9 Å². The van der Waals surface area contributed by atoms with Gasteiger partial charge in [0.15, 0.2) is 0 Å². The molecule has 3 rings (SSSR count). The molecule has 1 amide bonds. The van der Waals surface area contributed by atoms with Crippen LogP contribution in [-0.2, 0) is 4.79 Å². The lowest BCUT2D eigenvalue weighted by Crippen LogP contribution is -2.34. The van der Waals surface area contributed by atoms with Crippen LogP contribution >= 0.6 is 0 Å². The number of rotatable bonds is 8. The second-order valence-electron chi connectivity index (χ2n) is 7.78. The highest BCUT2D eigenvalue weighted by Crippen LogP contribution is 2.27. The van der Waals surface area contributed by atoms with E-state index >= 15 is 0 Å². The van der Waals surface area contributed by atoms with Gasteiger partial charge in [0.05, 0.1) is 0 Å². The van der Waals surface area contributed by atoms with Crippen LogP contribution in [0.4, 0.5) is 0 Å². The quantitative estimate of drug-likeness (QED) is 0.731. The molecule has 144 valence electrons. The highest BCUT2D eigenvalue weighted by Gasteiger charge is 2.22. The SMILES string of the molecule is CC(CC(=O)NCCC(c1ccccc1)c1ccccc1)C1CCNCC1. The first-order valence-corrected chi connectivity index (χ1v) is 10.3. The minimum absolute atomic E-state index is 0.195. The fourth-order valence-corrected chi connectivity index (χ4v) is 4.20. The number of piperidine rings is 1. The Morgan fingerprint density at radius 2 is 1.56 bits per heavy atom. The molecule has 1 heterocycles. The summed E-state index contributed by atoms with van der Waals surface area (Å²) in [6.07, 6.45) is 3.95. The van der Waals surface area contributed by atoms with E-state index < -0.39 is 0 Å². The van der Waals surface area contributed by atoms with Crippen LogP contribution in [0.2, 0.25) is 0 Å². The molecule has 0 radical (unpaired) electrons. The van der Waals surface area contributed by atoms with Gasteiger partial charge >= 0.3 is 0 Å². The average molecular weight is 365 g/mol. The fourth-order valence-electron chi connectivity index (χ4n) is 4.20. The van der Waals surface area contributed by atoms with Gasteiger partial charge in [-0.05, 0) is 55.3 Å². The van der Waals surface area contributed by atoms with E-state index in [9.17, 15) is 4.79 Å². The molecule has 0 aliphatic carbocycles. The van der Waals surface area contributed by atoms with E-state index in [1.807, 2.05) is 0 Å². The molecule has 0 aromatic heterocycles. The maximum Gasteiger partial charge on any atom is 0.220 e. The second kappa shape index (κ2) is 10.3. The predicted octanol–water partition coefficient (Wildman–Crippen LogP) is 4.35. The van der Waals surface area contributed by atoms with Crippen molar-refractivity contribution in [3.63, 3.8) is 0 Å². The van der Waals surface area contributed by atoms with Gasteiger partial charge in [0.2, 0.25) is 5.91 Å². The summed E-state index contributed by atoms with van der Waals surface area (Å²) in [4.78, 5) is 12.4. The Hall–Kier alpha value is -2.13. The smallest absolute Gasteiger partial charge is 0.220 e. The molecule has 3 heteroatoms. The van der Waals surface area contributed by atoms with Crippen LogP contribution in [0.15, 0.2) is 60.7 Å². The maximum absolute atomic E-state index is 12.4. The van der Waals surface area contributed by atoms with Gasteiger partial charge in [-0.3, -0.25) is 4.79 Å². The number of carbonyl (C=O) groups excluding carboxylic acids is 1.